The average molecular weight is 805 g/mol. The molecule has 9 rings (SSSR count). The van der Waals surface area contributed by atoms with Gasteiger partial charge in [-0.1, -0.05) is 76.2 Å². The largest absolute Gasteiger partial charge is 0.367 e. The van der Waals surface area contributed by atoms with Crippen LogP contribution in [0.3, 0.4) is 0 Å². The molecule has 0 saturated heterocycles. The molecule has 1 aliphatic rings. The third-order valence-electron chi connectivity index (χ3n) is 10.3. The van der Waals surface area contributed by atoms with Crippen molar-refractivity contribution in [3.8, 4) is 22.5 Å². The second-order valence-corrected chi connectivity index (χ2v) is 16.2. The van der Waals surface area contributed by atoms with E-state index in [1.807, 2.05) is 91.3 Å². The van der Waals surface area contributed by atoms with Crippen molar-refractivity contribution in [2.24, 2.45) is 11.8 Å². The molecule has 2 amide bonds. The summed E-state index contributed by atoms with van der Waals surface area (Å²) >= 11 is 0. The van der Waals surface area contributed by atoms with Gasteiger partial charge in [0, 0.05) is 55.9 Å². The zero-order valence-corrected chi connectivity index (χ0v) is 34.6. The topological polar surface area (TPSA) is 134 Å². The first-order chi connectivity index (χ1) is 29.0. The third kappa shape index (κ3) is 8.20. The number of carbonyl (C=O) groups is 2. The Hall–Kier alpha value is -6.89. The van der Waals surface area contributed by atoms with Crippen molar-refractivity contribution in [1.82, 2.24) is 39.0 Å². The molecule has 12 nitrogen and oxygen atoms in total. The maximum absolute atomic E-state index is 13.1. The van der Waals surface area contributed by atoms with E-state index >= 15 is 0 Å². The number of nitrogens with zero attached hydrogens (tertiary/aromatic N) is 7. The number of alkyl halides is 1. The van der Waals surface area contributed by atoms with Crippen molar-refractivity contribution < 1.29 is 14.0 Å². The molecule has 4 aromatic heterocycles. The first kappa shape index (κ1) is 39.9. The summed E-state index contributed by atoms with van der Waals surface area (Å²) in [5.74, 6) is 2.25. The summed E-state index contributed by atoms with van der Waals surface area (Å²) in [4.78, 5) is 45.0. The van der Waals surface area contributed by atoms with Gasteiger partial charge in [0.15, 0.2) is 22.9 Å². The quantitative estimate of drug-likeness (QED) is 0.118. The minimum atomic E-state index is -0.915. The summed E-state index contributed by atoms with van der Waals surface area (Å²) in [5.41, 5.74) is 10.3. The minimum Gasteiger partial charge on any atom is -0.367 e. The van der Waals surface area contributed by atoms with Crippen LogP contribution >= 0.6 is 0 Å². The molecule has 4 aromatic carbocycles. The smallest absolute Gasteiger partial charge is 0.253 e. The fourth-order valence-electron chi connectivity index (χ4n) is 7.01. The number of imidazole rings is 2. The molecular weight excluding hydrogens is 756 g/mol. The molecule has 2 atom stereocenters. The molecule has 1 aliphatic carbocycles. The molecular formula is C47H49FN10O2. The highest BCUT2D eigenvalue weighted by Gasteiger charge is 2.38. The second-order valence-electron chi connectivity index (χ2n) is 16.2. The lowest BCUT2D eigenvalue weighted by atomic mass is 10.1. The van der Waals surface area contributed by atoms with E-state index in [1.54, 1.807) is 31.1 Å². The molecule has 1 saturated carbocycles. The Balaban J connectivity index is 0.000000167. The molecule has 13 heteroatoms. The summed E-state index contributed by atoms with van der Waals surface area (Å²) in [6.45, 7) is 10.3. The molecule has 306 valence electrons. The Morgan fingerprint density at radius 3 is 1.53 bits per heavy atom. The fraction of sp³-hybridized carbons (Fsp3) is 0.277. The average Bonchev–Trinajstić information content (AvgIpc) is 3.58. The lowest BCUT2D eigenvalue weighted by Crippen LogP contribution is -2.26. The molecule has 0 radical (unpaired) electrons. The number of carbonyl (C=O) groups excluding carboxylic acids is 2. The van der Waals surface area contributed by atoms with Crippen molar-refractivity contribution in [2.75, 3.05) is 37.8 Å². The Morgan fingerprint density at radius 1 is 0.683 bits per heavy atom. The van der Waals surface area contributed by atoms with E-state index in [0.29, 0.717) is 29.4 Å². The normalized spacial score (nSPS) is 14.8. The summed E-state index contributed by atoms with van der Waals surface area (Å²) < 4.78 is 17.3. The molecule has 0 aliphatic heterocycles. The van der Waals surface area contributed by atoms with Crippen molar-refractivity contribution >= 4 is 56.8 Å². The number of hydrogen-bond acceptors (Lipinski definition) is 8. The van der Waals surface area contributed by atoms with Crippen LogP contribution in [-0.2, 0) is 0 Å². The summed E-state index contributed by atoms with van der Waals surface area (Å²) in [7, 11) is 3.51. The number of aromatic nitrogens is 6. The van der Waals surface area contributed by atoms with Crippen LogP contribution in [0.2, 0.25) is 0 Å². The van der Waals surface area contributed by atoms with Crippen LogP contribution in [-0.4, -0.2) is 84.8 Å². The van der Waals surface area contributed by atoms with Crippen molar-refractivity contribution in [3.63, 3.8) is 0 Å². The predicted molar refractivity (Wildman–Crippen MR) is 237 cm³/mol. The van der Waals surface area contributed by atoms with Crippen molar-refractivity contribution in [1.29, 1.82) is 0 Å². The Bertz CT molecular complexity index is 2830. The first-order valence-corrected chi connectivity index (χ1v) is 20.3. The lowest BCUT2D eigenvalue weighted by molar-refractivity contribution is 0.0827. The fourth-order valence-corrected chi connectivity index (χ4v) is 7.01. The maximum atomic E-state index is 13.1. The number of para-hydroxylation sites is 4. The molecule has 0 spiro atoms. The molecule has 60 heavy (non-hydrogen) atoms. The van der Waals surface area contributed by atoms with E-state index in [-0.39, 0.29) is 17.9 Å². The van der Waals surface area contributed by atoms with Gasteiger partial charge in [-0.25, -0.2) is 24.3 Å². The Labute approximate surface area is 347 Å². The number of anilines is 2. The second kappa shape index (κ2) is 16.8. The van der Waals surface area contributed by atoms with E-state index in [9.17, 15) is 14.0 Å². The third-order valence-corrected chi connectivity index (χ3v) is 10.3. The number of rotatable bonds is 11. The van der Waals surface area contributed by atoms with E-state index in [2.05, 4.69) is 68.5 Å². The number of fused-ring (bicyclic) bond motifs is 6. The van der Waals surface area contributed by atoms with Gasteiger partial charge in [-0.15, -0.1) is 0 Å². The van der Waals surface area contributed by atoms with Gasteiger partial charge in [0.05, 0.1) is 51.9 Å². The summed E-state index contributed by atoms with van der Waals surface area (Å²) in [6, 6.07) is 30.7. The highest BCUT2D eigenvalue weighted by molar-refractivity contribution is 5.96. The molecule has 4 heterocycles. The van der Waals surface area contributed by atoms with Crippen molar-refractivity contribution in [2.45, 2.75) is 46.3 Å². The van der Waals surface area contributed by atoms with Gasteiger partial charge in [0.1, 0.15) is 6.17 Å². The van der Waals surface area contributed by atoms with Gasteiger partial charge in [-0.3, -0.25) is 18.4 Å². The van der Waals surface area contributed by atoms with Crippen LogP contribution in [0.15, 0.2) is 109 Å². The molecule has 2 unspecified atom stereocenters. The summed E-state index contributed by atoms with van der Waals surface area (Å²) in [6.07, 6.45) is 3.19. The maximum Gasteiger partial charge on any atom is 0.253 e. The highest BCUT2D eigenvalue weighted by Crippen LogP contribution is 2.31. The van der Waals surface area contributed by atoms with E-state index in [4.69, 9.17) is 9.97 Å². The van der Waals surface area contributed by atoms with Gasteiger partial charge in [0.25, 0.3) is 11.8 Å². The monoisotopic (exact) mass is 804 g/mol. The molecule has 0 bridgehead atoms. The Morgan fingerprint density at radius 2 is 1.12 bits per heavy atom. The van der Waals surface area contributed by atoms with Gasteiger partial charge in [0.2, 0.25) is 0 Å². The number of benzene rings is 4. The highest BCUT2D eigenvalue weighted by atomic mass is 19.1. The first-order valence-electron chi connectivity index (χ1n) is 20.3. The number of amides is 2. The zero-order valence-electron chi connectivity index (χ0n) is 34.6. The van der Waals surface area contributed by atoms with Crippen LogP contribution < -0.4 is 16.0 Å². The summed E-state index contributed by atoms with van der Waals surface area (Å²) in [5, 5.41) is 9.56. The Kier molecular flexibility index (Phi) is 11.2. The van der Waals surface area contributed by atoms with Gasteiger partial charge >= 0.3 is 0 Å². The van der Waals surface area contributed by atoms with Crippen LogP contribution in [0.4, 0.5) is 16.0 Å². The minimum absolute atomic E-state index is 0.00971. The van der Waals surface area contributed by atoms with E-state index < -0.39 is 6.17 Å². The van der Waals surface area contributed by atoms with E-state index in [1.165, 1.54) is 0 Å². The van der Waals surface area contributed by atoms with Crippen molar-refractivity contribution in [3.05, 3.63) is 121 Å². The van der Waals surface area contributed by atoms with E-state index in [0.717, 1.165) is 80.6 Å². The lowest BCUT2D eigenvalue weighted by Gasteiger charge is -2.13. The van der Waals surface area contributed by atoms with Crippen LogP contribution in [0, 0.1) is 11.8 Å². The van der Waals surface area contributed by atoms with Gasteiger partial charge in [-0.2, -0.15) is 0 Å². The zero-order chi connectivity index (χ0) is 42.1. The van der Waals surface area contributed by atoms with Crippen LogP contribution in [0.25, 0.3) is 55.9 Å². The molecule has 1 fully saturated rings. The van der Waals surface area contributed by atoms with Gasteiger partial charge < -0.3 is 20.9 Å². The number of halogens is 1. The number of nitrogens with one attached hydrogen (secondary N) is 3. The van der Waals surface area contributed by atoms with Crippen LogP contribution in [0.5, 0.6) is 0 Å². The van der Waals surface area contributed by atoms with Gasteiger partial charge in [-0.05, 0) is 60.4 Å². The SMILES string of the molecule is CC(C)CNc1nc2ccccc2n2c(-c3ccc(C(=O)N(C)C)cc3)cnc12.CC(C)CNc1nc2ccccc2n2c(-c3ccc(C(=O)NC4CC4F)cc3)cnc12. The molecule has 3 N–H and O–H groups in total. The van der Waals surface area contributed by atoms with Crippen LogP contribution in [0.1, 0.15) is 54.8 Å². The predicted octanol–water partition coefficient (Wildman–Crippen LogP) is 8.78. The molecule has 8 aromatic rings. The standard InChI is InChI=1S/C24H24FN5O.C23H25N5O/c1-14(2)12-26-22-23-27-13-21(30(23)20-6-4-3-5-18(20)28-22)15-7-9-16(10-8-15)24(31)29-19-11-17(19)25;1-15(2)13-24-21-22-25-14-20(28(22)19-8-6-5-7-18(19)26-21)16-9-11-17(12-10-16)23(29)27(3)4/h3-10,13-14,17,19H,11-12H2,1-2H3,(H,26,28)(H,29,31);5-12,14-15H,13H2,1-4H3,(H,24,26). The number of hydrogen-bond donors (Lipinski definition) is 3.